The van der Waals surface area contributed by atoms with Crippen LogP contribution in [-0.4, -0.2) is 17.0 Å². The molecule has 0 aliphatic rings. The molecule has 2 aromatic rings. The van der Waals surface area contributed by atoms with E-state index in [4.69, 9.17) is 23.2 Å². The minimum absolute atomic E-state index is 0.283. The third kappa shape index (κ3) is 2.57. The Morgan fingerprint density at radius 2 is 1.83 bits per heavy atom. The molecule has 0 radical (unpaired) electrons. The molecule has 1 heterocycles. The maximum absolute atomic E-state index is 6.02. The maximum Gasteiger partial charge on any atom is 0.142 e. The SMILES string of the molecule is Cc1ccc(N(C)c2ncnc(Cl)c2CCl)cc1. The van der Waals surface area contributed by atoms with Crippen molar-refractivity contribution in [2.24, 2.45) is 0 Å². The van der Waals surface area contributed by atoms with Crippen LogP contribution < -0.4 is 4.90 Å². The molecular formula is C13H13Cl2N3. The number of aromatic nitrogens is 2. The van der Waals surface area contributed by atoms with Crippen LogP contribution in [0.3, 0.4) is 0 Å². The summed E-state index contributed by atoms with van der Waals surface area (Å²) < 4.78 is 0. The largest absolute Gasteiger partial charge is 0.329 e. The number of aryl methyl sites for hydroxylation is 1. The molecular weight excluding hydrogens is 269 g/mol. The van der Waals surface area contributed by atoms with Gasteiger partial charge in [0.05, 0.1) is 5.88 Å². The van der Waals surface area contributed by atoms with Crippen molar-refractivity contribution in [2.45, 2.75) is 12.8 Å². The molecule has 0 amide bonds. The van der Waals surface area contributed by atoms with Gasteiger partial charge in [0.2, 0.25) is 0 Å². The zero-order chi connectivity index (χ0) is 13.1. The van der Waals surface area contributed by atoms with Gasteiger partial charge in [0, 0.05) is 18.3 Å². The summed E-state index contributed by atoms with van der Waals surface area (Å²) in [6.07, 6.45) is 1.44. The molecule has 0 aliphatic carbocycles. The lowest BCUT2D eigenvalue weighted by Crippen LogP contribution is -2.14. The van der Waals surface area contributed by atoms with E-state index in [1.165, 1.54) is 11.9 Å². The first kappa shape index (κ1) is 13.1. The molecule has 0 fully saturated rings. The lowest BCUT2D eigenvalue weighted by Gasteiger charge is -2.21. The summed E-state index contributed by atoms with van der Waals surface area (Å²) in [6, 6.07) is 8.16. The Morgan fingerprint density at radius 3 is 2.44 bits per heavy atom. The molecule has 0 N–H and O–H groups in total. The van der Waals surface area contributed by atoms with Gasteiger partial charge in [-0.25, -0.2) is 9.97 Å². The van der Waals surface area contributed by atoms with Gasteiger partial charge in [0.25, 0.3) is 0 Å². The van der Waals surface area contributed by atoms with Gasteiger partial charge >= 0.3 is 0 Å². The summed E-state index contributed by atoms with van der Waals surface area (Å²) in [5, 5.41) is 0.397. The van der Waals surface area contributed by atoms with Crippen LogP contribution in [0.2, 0.25) is 5.15 Å². The molecule has 94 valence electrons. The minimum Gasteiger partial charge on any atom is -0.329 e. The van der Waals surface area contributed by atoms with Crippen molar-refractivity contribution in [3.8, 4) is 0 Å². The number of halogens is 2. The molecule has 0 spiro atoms. The highest BCUT2D eigenvalue weighted by Gasteiger charge is 2.13. The smallest absolute Gasteiger partial charge is 0.142 e. The predicted octanol–water partition coefficient (Wildman–Crippen LogP) is 3.95. The van der Waals surface area contributed by atoms with Crippen LogP contribution in [0, 0.1) is 6.92 Å². The summed E-state index contributed by atoms with van der Waals surface area (Å²) >= 11 is 11.9. The summed E-state index contributed by atoms with van der Waals surface area (Å²) in [7, 11) is 1.93. The molecule has 0 bridgehead atoms. The van der Waals surface area contributed by atoms with Gasteiger partial charge in [-0.05, 0) is 19.1 Å². The molecule has 5 heteroatoms. The average molecular weight is 282 g/mol. The Bertz CT molecular complexity index is 540. The average Bonchev–Trinajstić information content (AvgIpc) is 2.38. The highest BCUT2D eigenvalue weighted by atomic mass is 35.5. The molecule has 3 nitrogen and oxygen atoms in total. The van der Waals surface area contributed by atoms with E-state index in [1.807, 2.05) is 24.1 Å². The second kappa shape index (κ2) is 5.55. The fourth-order valence-corrected chi connectivity index (χ4v) is 2.19. The number of hydrogen-bond acceptors (Lipinski definition) is 3. The lowest BCUT2D eigenvalue weighted by atomic mass is 10.2. The van der Waals surface area contributed by atoms with E-state index in [1.54, 1.807) is 0 Å². The molecule has 0 saturated heterocycles. The minimum atomic E-state index is 0.283. The van der Waals surface area contributed by atoms with Crippen molar-refractivity contribution in [1.82, 2.24) is 9.97 Å². The van der Waals surface area contributed by atoms with Crippen LogP contribution >= 0.6 is 23.2 Å². The van der Waals surface area contributed by atoms with Crippen LogP contribution in [0.1, 0.15) is 11.1 Å². The van der Waals surface area contributed by atoms with Crippen molar-refractivity contribution < 1.29 is 0 Å². The fourth-order valence-electron chi connectivity index (χ4n) is 1.68. The molecule has 18 heavy (non-hydrogen) atoms. The first-order valence-corrected chi connectivity index (χ1v) is 6.40. The number of nitrogens with zero attached hydrogens (tertiary/aromatic N) is 3. The van der Waals surface area contributed by atoms with Gasteiger partial charge in [-0.2, -0.15) is 0 Å². The van der Waals surface area contributed by atoms with Gasteiger partial charge in [-0.3, -0.25) is 0 Å². The summed E-state index contributed by atoms with van der Waals surface area (Å²) in [4.78, 5) is 10.1. The Kier molecular flexibility index (Phi) is 4.04. The van der Waals surface area contributed by atoms with Crippen LogP contribution in [0.5, 0.6) is 0 Å². The van der Waals surface area contributed by atoms with Gasteiger partial charge in [0.1, 0.15) is 17.3 Å². The quantitative estimate of drug-likeness (QED) is 0.630. The topological polar surface area (TPSA) is 29.0 Å². The molecule has 0 aliphatic heterocycles. The summed E-state index contributed by atoms with van der Waals surface area (Å²) in [5.41, 5.74) is 2.98. The predicted molar refractivity (Wildman–Crippen MR) is 75.8 cm³/mol. The third-order valence-electron chi connectivity index (χ3n) is 2.74. The number of anilines is 2. The first-order chi connectivity index (χ1) is 8.63. The van der Waals surface area contributed by atoms with E-state index in [2.05, 4.69) is 29.0 Å². The molecule has 0 unspecified atom stereocenters. The van der Waals surface area contributed by atoms with Crippen molar-refractivity contribution in [2.75, 3.05) is 11.9 Å². The highest BCUT2D eigenvalue weighted by molar-refractivity contribution is 6.31. The van der Waals surface area contributed by atoms with Gasteiger partial charge < -0.3 is 4.90 Å². The summed E-state index contributed by atoms with van der Waals surface area (Å²) in [5.74, 6) is 1.01. The van der Waals surface area contributed by atoms with Crippen molar-refractivity contribution in [3.63, 3.8) is 0 Å². The van der Waals surface area contributed by atoms with Crippen molar-refractivity contribution in [3.05, 3.63) is 46.9 Å². The number of rotatable bonds is 3. The normalized spacial score (nSPS) is 10.4. The van der Waals surface area contributed by atoms with E-state index in [9.17, 15) is 0 Å². The van der Waals surface area contributed by atoms with Gasteiger partial charge in [-0.15, -0.1) is 11.6 Å². The standard InChI is InChI=1S/C13H13Cl2N3/c1-9-3-5-10(6-4-9)18(2)13-11(7-14)12(15)16-8-17-13/h3-6,8H,7H2,1-2H3. The van der Waals surface area contributed by atoms with Crippen molar-refractivity contribution in [1.29, 1.82) is 0 Å². The molecule has 1 aromatic heterocycles. The monoisotopic (exact) mass is 281 g/mol. The highest BCUT2D eigenvalue weighted by Crippen LogP contribution is 2.29. The molecule has 2 rings (SSSR count). The number of benzene rings is 1. The Morgan fingerprint density at radius 1 is 1.17 bits per heavy atom. The van der Waals surface area contributed by atoms with Crippen LogP contribution in [0.25, 0.3) is 0 Å². The van der Waals surface area contributed by atoms with Crippen LogP contribution in [0.15, 0.2) is 30.6 Å². The van der Waals surface area contributed by atoms with E-state index in [0.29, 0.717) is 5.15 Å². The fraction of sp³-hybridized carbons (Fsp3) is 0.231. The number of alkyl halides is 1. The van der Waals surface area contributed by atoms with E-state index in [0.717, 1.165) is 17.1 Å². The second-order valence-electron chi connectivity index (χ2n) is 3.99. The van der Waals surface area contributed by atoms with Crippen LogP contribution in [0.4, 0.5) is 11.5 Å². The lowest BCUT2D eigenvalue weighted by molar-refractivity contribution is 1.04. The zero-order valence-corrected chi connectivity index (χ0v) is 11.7. The van der Waals surface area contributed by atoms with Crippen LogP contribution in [-0.2, 0) is 5.88 Å². The Hall–Kier alpha value is -1.32. The summed E-state index contributed by atoms with van der Waals surface area (Å²) in [6.45, 7) is 2.05. The van der Waals surface area contributed by atoms with E-state index in [-0.39, 0.29) is 5.88 Å². The molecule has 1 aromatic carbocycles. The Labute approximate surface area is 116 Å². The zero-order valence-electron chi connectivity index (χ0n) is 10.2. The maximum atomic E-state index is 6.02. The van der Waals surface area contributed by atoms with Gasteiger partial charge in [-0.1, -0.05) is 29.3 Å². The van der Waals surface area contributed by atoms with Crippen molar-refractivity contribution >= 4 is 34.7 Å². The van der Waals surface area contributed by atoms with Gasteiger partial charge in [0.15, 0.2) is 0 Å². The van der Waals surface area contributed by atoms with E-state index >= 15 is 0 Å². The Balaban J connectivity index is 2.42. The molecule has 0 atom stereocenters. The second-order valence-corrected chi connectivity index (χ2v) is 4.62. The molecule has 0 saturated carbocycles. The first-order valence-electron chi connectivity index (χ1n) is 5.49. The van der Waals surface area contributed by atoms with E-state index < -0.39 is 0 Å². The third-order valence-corrected chi connectivity index (χ3v) is 3.34. The number of hydrogen-bond donors (Lipinski definition) is 0.